The highest BCUT2D eigenvalue weighted by Gasteiger charge is 2.24. The van der Waals surface area contributed by atoms with Gasteiger partial charge < -0.3 is 10.4 Å². The largest absolute Gasteiger partial charge is 0.388 e. The summed E-state index contributed by atoms with van der Waals surface area (Å²) in [6.07, 6.45) is 4.53. The monoisotopic (exact) mass is 267 g/mol. The Morgan fingerprint density at radius 3 is 2.72 bits per heavy atom. The minimum absolute atomic E-state index is 0.0124. The molecule has 0 aliphatic heterocycles. The zero-order valence-electron chi connectivity index (χ0n) is 11.4. The number of β-amino-alcohol motifs (C(OH)–C–C–N with tert-alkyl or cyclic N) is 1. The molecule has 0 fully saturated rings. The fourth-order valence-electron chi connectivity index (χ4n) is 1.77. The number of imidazole rings is 1. The second-order valence-electron chi connectivity index (χ2n) is 6.10. The molecule has 0 spiro atoms. The van der Waals surface area contributed by atoms with Gasteiger partial charge in [0.15, 0.2) is 4.96 Å². The van der Waals surface area contributed by atoms with E-state index in [1.165, 1.54) is 0 Å². The predicted molar refractivity (Wildman–Crippen MR) is 75.2 cm³/mol. The summed E-state index contributed by atoms with van der Waals surface area (Å²) >= 11 is 1.61. The third-order valence-corrected chi connectivity index (χ3v) is 3.48. The van der Waals surface area contributed by atoms with Crippen LogP contribution in [0.15, 0.2) is 17.8 Å². The highest BCUT2D eigenvalue weighted by Crippen LogP contribution is 2.16. The summed E-state index contributed by atoms with van der Waals surface area (Å²) in [6.45, 7) is 8.68. The maximum absolute atomic E-state index is 10.4. The van der Waals surface area contributed by atoms with Crippen LogP contribution in [-0.2, 0) is 6.42 Å². The van der Waals surface area contributed by atoms with Gasteiger partial charge in [0.1, 0.15) is 0 Å². The Bertz CT molecular complexity index is 493. The lowest BCUT2D eigenvalue weighted by atomic mass is 9.98. The van der Waals surface area contributed by atoms with Crippen LogP contribution in [0.3, 0.4) is 0 Å². The number of hydrogen-bond acceptors (Lipinski definition) is 4. The number of aromatic nitrogens is 2. The molecule has 2 heterocycles. The molecular formula is C13H21N3OS. The van der Waals surface area contributed by atoms with Crippen LogP contribution in [0.1, 0.15) is 33.4 Å². The minimum atomic E-state index is -0.780. The Balaban J connectivity index is 2.01. The van der Waals surface area contributed by atoms with Crippen molar-refractivity contribution in [1.29, 1.82) is 0 Å². The second kappa shape index (κ2) is 4.64. The first-order valence-corrected chi connectivity index (χ1v) is 7.02. The van der Waals surface area contributed by atoms with Crippen LogP contribution < -0.4 is 5.32 Å². The van der Waals surface area contributed by atoms with Gasteiger partial charge in [-0.25, -0.2) is 4.98 Å². The number of hydrogen-bond donors (Lipinski definition) is 2. The lowest BCUT2D eigenvalue weighted by molar-refractivity contribution is 0.0526. The summed E-state index contributed by atoms with van der Waals surface area (Å²) in [5.74, 6) is 0. The van der Waals surface area contributed by atoms with E-state index in [4.69, 9.17) is 0 Å². The van der Waals surface area contributed by atoms with E-state index in [9.17, 15) is 5.11 Å². The first kappa shape index (κ1) is 13.5. The molecule has 0 saturated heterocycles. The first-order valence-electron chi connectivity index (χ1n) is 6.14. The van der Waals surface area contributed by atoms with Gasteiger partial charge in [-0.15, -0.1) is 11.3 Å². The van der Waals surface area contributed by atoms with Crippen LogP contribution in [0.2, 0.25) is 0 Å². The van der Waals surface area contributed by atoms with E-state index in [1.54, 1.807) is 11.3 Å². The van der Waals surface area contributed by atoms with Crippen molar-refractivity contribution in [3.63, 3.8) is 0 Å². The summed E-state index contributed by atoms with van der Waals surface area (Å²) in [5.41, 5.74) is 0.165. The van der Waals surface area contributed by atoms with Crippen molar-refractivity contribution in [1.82, 2.24) is 14.7 Å². The number of thiazole rings is 1. The second-order valence-corrected chi connectivity index (χ2v) is 6.98. The molecule has 100 valence electrons. The molecule has 0 aromatic carbocycles. The summed E-state index contributed by atoms with van der Waals surface area (Å²) in [4.78, 5) is 5.47. The van der Waals surface area contributed by atoms with Crippen LogP contribution in [0.5, 0.6) is 0 Å². The van der Waals surface area contributed by atoms with Crippen molar-refractivity contribution in [2.45, 2.75) is 45.3 Å². The normalized spacial score (nSPS) is 16.1. The molecule has 0 radical (unpaired) electrons. The molecule has 2 aromatic heterocycles. The van der Waals surface area contributed by atoms with Crippen molar-refractivity contribution >= 4 is 16.3 Å². The lowest BCUT2D eigenvalue weighted by Gasteiger charge is -2.28. The maximum Gasteiger partial charge on any atom is 0.193 e. The zero-order chi connectivity index (χ0) is 13.4. The lowest BCUT2D eigenvalue weighted by Crippen LogP contribution is -2.47. The van der Waals surface area contributed by atoms with Gasteiger partial charge in [-0.05, 0) is 27.7 Å². The Morgan fingerprint density at radius 2 is 2.11 bits per heavy atom. The van der Waals surface area contributed by atoms with E-state index in [0.29, 0.717) is 13.0 Å². The van der Waals surface area contributed by atoms with Crippen LogP contribution in [0.25, 0.3) is 4.96 Å². The standard InChI is InChI=1S/C13H21N3OS/c1-12(2,3)14-9-13(4,17)7-10-8-16-5-6-18-11(16)15-10/h5-6,8,14,17H,7,9H2,1-4H3. The fraction of sp³-hybridized carbons (Fsp3) is 0.615. The maximum atomic E-state index is 10.4. The molecular weight excluding hydrogens is 246 g/mol. The Kier molecular flexibility index (Phi) is 3.49. The summed E-state index contributed by atoms with van der Waals surface area (Å²) in [5, 5.41) is 15.7. The van der Waals surface area contributed by atoms with Crippen LogP contribution in [0.4, 0.5) is 0 Å². The van der Waals surface area contributed by atoms with Gasteiger partial charge in [0, 0.05) is 36.3 Å². The van der Waals surface area contributed by atoms with Crippen molar-refractivity contribution < 1.29 is 5.11 Å². The molecule has 2 aromatic rings. The van der Waals surface area contributed by atoms with E-state index < -0.39 is 5.60 Å². The van der Waals surface area contributed by atoms with Gasteiger partial charge in [-0.2, -0.15) is 0 Å². The molecule has 0 aliphatic carbocycles. The highest BCUT2D eigenvalue weighted by atomic mass is 32.1. The average Bonchev–Trinajstić information content (AvgIpc) is 2.73. The summed E-state index contributed by atoms with van der Waals surface area (Å²) in [6, 6.07) is 0. The first-order chi connectivity index (χ1) is 8.25. The molecule has 4 nitrogen and oxygen atoms in total. The summed E-state index contributed by atoms with van der Waals surface area (Å²) in [7, 11) is 0. The van der Waals surface area contributed by atoms with E-state index in [-0.39, 0.29) is 5.54 Å². The van der Waals surface area contributed by atoms with Gasteiger partial charge >= 0.3 is 0 Å². The van der Waals surface area contributed by atoms with Crippen LogP contribution >= 0.6 is 11.3 Å². The predicted octanol–water partition coefficient (Wildman–Crippen LogP) is 2.08. The molecule has 18 heavy (non-hydrogen) atoms. The molecule has 5 heteroatoms. The number of fused-ring (bicyclic) bond motifs is 1. The Labute approximate surface area is 112 Å². The van der Waals surface area contributed by atoms with E-state index in [2.05, 4.69) is 31.1 Å². The fourth-order valence-corrected chi connectivity index (χ4v) is 2.49. The number of nitrogens with zero attached hydrogens (tertiary/aromatic N) is 2. The van der Waals surface area contributed by atoms with Gasteiger partial charge in [0.25, 0.3) is 0 Å². The van der Waals surface area contributed by atoms with Gasteiger partial charge in [-0.3, -0.25) is 4.40 Å². The SMILES string of the molecule is CC(O)(CNC(C)(C)C)Cc1cn2ccsc2n1. The molecule has 0 aliphatic rings. The molecule has 1 unspecified atom stereocenters. The smallest absolute Gasteiger partial charge is 0.193 e. The van der Waals surface area contributed by atoms with Crippen molar-refractivity contribution in [3.8, 4) is 0 Å². The van der Waals surface area contributed by atoms with Crippen LogP contribution in [-0.4, -0.2) is 32.2 Å². The van der Waals surface area contributed by atoms with Gasteiger partial charge in [-0.1, -0.05) is 0 Å². The Hall–Kier alpha value is -0.910. The highest BCUT2D eigenvalue weighted by molar-refractivity contribution is 7.15. The molecule has 0 saturated carbocycles. The molecule has 1 atom stereocenters. The van der Waals surface area contributed by atoms with Crippen molar-refractivity contribution in [3.05, 3.63) is 23.5 Å². The minimum Gasteiger partial charge on any atom is -0.388 e. The topological polar surface area (TPSA) is 49.6 Å². The third kappa shape index (κ3) is 3.54. The van der Waals surface area contributed by atoms with Crippen molar-refractivity contribution in [2.75, 3.05) is 6.54 Å². The van der Waals surface area contributed by atoms with E-state index in [0.717, 1.165) is 10.7 Å². The molecule has 0 bridgehead atoms. The number of aliphatic hydroxyl groups is 1. The van der Waals surface area contributed by atoms with E-state index >= 15 is 0 Å². The average molecular weight is 267 g/mol. The zero-order valence-corrected chi connectivity index (χ0v) is 12.2. The van der Waals surface area contributed by atoms with Gasteiger partial charge in [0.05, 0.1) is 11.3 Å². The third-order valence-electron chi connectivity index (χ3n) is 2.70. The van der Waals surface area contributed by atoms with Crippen LogP contribution in [0, 0.1) is 0 Å². The number of rotatable bonds is 4. The summed E-state index contributed by atoms with van der Waals surface area (Å²) < 4.78 is 1.99. The number of nitrogens with one attached hydrogen (secondary N) is 1. The van der Waals surface area contributed by atoms with E-state index in [1.807, 2.05) is 29.1 Å². The molecule has 2 rings (SSSR count). The molecule has 2 N–H and O–H groups in total. The molecule has 0 amide bonds. The van der Waals surface area contributed by atoms with Crippen molar-refractivity contribution in [2.24, 2.45) is 0 Å². The van der Waals surface area contributed by atoms with Gasteiger partial charge in [0.2, 0.25) is 0 Å². The Morgan fingerprint density at radius 1 is 1.39 bits per heavy atom. The quantitative estimate of drug-likeness (QED) is 0.891.